The summed E-state index contributed by atoms with van der Waals surface area (Å²) in [4.78, 5) is 15.1. The first kappa shape index (κ1) is 16.4. The molecule has 1 unspecified atom stereocenters. The molecule has 1 aromatic carbocycles. The van der Waals surface area contributed by atoms with Crippen LogP contribution < -0.4 is 10.6 Å². The van der Waals surface area contributed by atoms with Crippen LogP contribution in [0.3, 0.4) is 0 Å². The molecule has 1 aromatic heterocycles. The molecule has 2 N–H and O–H groups in total. The molecular formula is C18H25N3OS. The minimum Gasteiger partial charge on any atom is -0.358 e. The van der Waals surface area contributed by atoms with E-state index in [-0.39, 0.29) is 5.91 Å². The lowest BCUT2D eigenvalue weighted by Crippen LogP contribution is -2.46. The number of likely N-dealkylation sites (N-methyl/N-ethyl adjacent to an activating group) is 1. The zero-order chi connectivity index (χ0) is 16.2. The number of amides is 1. The molecule has 23 heavy (non-hydrogen) atoms. The van der Waals surface area contributed by atoms with Gasteiger partial charge in [-0.15, -0.1) is 11.3 Å². The molecule has 1 amide bonds. The van der Waals surface area contributed by atoms with Gasteiger partial charge in [0.15, 0.2) is 0 Å². The fourth-order valence-corrected chi connectivity index (χ4v) is 4.27. The van der Waals surface area contributed by atoms with Crippen molar-refractivity contribution in [3.05, 3.63) is 35.2 Å². The van der Waals surface area contributed by atoms with Crippen LogP contribution in [0.4, 0.5) is 0 Å². The average Bonchev–Trinajstić information content (AvgIpc) is 3.00. The summed E-state index contributed by atoms with van der Waals surface area (Å²) in [6.45, 7) is 4.76. The lowest BCUT2D eigenvalue weighted by atomic mass is 10.0. The van der Waals surface area contributed by atoms with Crippen molar-refractivity contribution < 1.29 is 4.79 Å². The molecule has 2 aromatic rings. The Bertz CT molecular complexity index is 628. The predicted molar refractivity (Wildman–Crippen MR) is 96.9 cm³/mol. The summed E-state index contributed by atoms with van der Waals surface area (Å²) in [5.74, 6) is 0.107. The molecule has 0 radical (unpaired) electrons. The molecule has 1 aliphatic rings. The maximum Gasteiger partial charge on any atom is 0.233 e. The Hall–Kier alpha value is -1.43. The molecule has 0 aliphatic carbocycles. The van der Waals surface area contributed by atoms with Gasteiger partial charge in [0.1, 0.15) is 0 Å². The van der Waals surface area contributed by atoms with Gasteiger partial charge >= 0.3 is 0 Å². The van der Waals surface area contributed by atoms with E-state index in [1.807, 2.05) is 11.3 Å². The van der Waals surface area contributed by atoms with Crippen LogP contribution in [-0.4, -0.2) is 43.5 Å². The second-order valence-electron chi connectivity index (χ2n) is 6.30. The average molecular weight is 331 g/mol. The molecule has 124 valence electrons. The summed E-state index contributed by atoms with van der Waals surface area (Å²) in [6, 6.07) is 11.8. The van der Waals surface area contributed by atoms with E-state index < -0.39 is 0 Å². The second-order valence-corrected chi connectivity index (χ2v) is 7.41. The second kappa shape index (κ2) is 7.43. The fraction of sp³-hybridized carbons (Fsp3) is 0.500. The van der Waals surface area contributed by atoms with Crippen molar-refractivity contribution in [2.75, 3.05) is 26.7 Å². The van der Waals surface area contributed by atoms with E-state index in [1.54, 1.807) is 7.05 Å². The van der Waals surface area contributed by atoms with Crippen molar-refractivity contribution in [2.24, 2.45) is 0 Å². The largest absolute Gasteiger partial charge is 0.358 e. The number of hydrogen-bond donors (Lipinski definition) is 2. The molecule has 0 bridgehead atoms. The number of rotatable bonds is 5. The van der Waals surface area contributed by atoms with Crippen LogP contribution >= 0.6 is 11.3 Å². The summed E-state index contributed by atoms with van der Waals surface area (Å²) < 4.78 is 1.36. The Morgan fingerprint density at radius 3 is 2.78 bits per heavy atom. The molecule has 1 atom stereocenters. The first-order valence-electron chi connectivity index (χ1n) is 8.33. The summed E-state index contributed by atoms with van der Waals surface area (Å²) in [5, 5.41) is 7.80. The van der Waals surface area contributed by atoms with E-state index >= 15 is 0 Å². The maximum absolute atomic E-state index is 11.4. The number of nitrogens with one attached hydrogen (secondary N) is 2. The van der Waals surface area contributed by atoms with Gasteiger partial charge < -0.3 is 10.6 Å². The molecule has 1 saturated heterocycles. The van der Waals surface area contributed by atoms with Crippen LogP contribution in [0.15, 0.2) is 30.3 Å². The zero-order valence-corrected chi connectivity index (χ0v) is 14.7. The number of benzene rings is 1. The van der Waals surface area contributed by atoms with Crippen LogP contribution in [0.1, 0.15) is 30.7 Å². The molecule has 4 nitrogen and oxygen atoms in total. The Morgan fingerprint density at radius 1 is 1.35 bits per heavy atom. The van der Waals surface area contributed by atoms with Gasteiger partial charge in [-0.2, -0.15) is 0 Å². The van der Waals surface area contributed by atoms with Crippen molar-refractivity contribution in [1.29, 1.82) is 0 Å². The third kappa shape index (κ3) is 4.10. The molecule has 1 fully saturated rings. The fourth-order valence-electron chi connectivity index (χ4n) is 3.19. The highest BCUT2D eigenvalue weighted by molar-refractivity contribution is 7.19. The molecular weight excluding hydrogens is 306 g/mol. The number of thiophene rings is 1. The van der Waals surface area contributed by atoms with Crippen molar-refractivity contribution in [1.82, 2.24) is 15.5 Å². The van der Waals surface area contributed by atoms with Gasteiger partial charge in [0.05, 0.1) is 6.54 Å². The third-order valence-corrected chi connectivity index (χ3v) is 5.89. The normalized spacial score (nSPS) is 18.2. The number of nitrogens with zero attached hydrogens (tertiary/aromatic N) is 1. The van der Waals surface area contributed by atoms with Gasteiger partial charge in [-0.25, -0.2) is 0 Å². The van der Waals surface area contributed by atoms with Crippen molar-refractivity contribution in [3.63, 3.8) is 0 Å². The topological polar surface area (TPSA) is 44.4 Å². The molecule has 2 heterocycles. The van der Waals surface area contributed by atoms with E-state index in [1.165, 1.54) is 15.0 Å². The van der Waals surface area contributed by atoms with E-state index in [2.05, 4.69) is 52.8 Å². The Labute approximate surface area is 141 Å². The summed E-state index contributed by atoms with van der Waals surface area (Å²) >= 11 is 1.88. The van der Waals surface area contributed by atoms with Gasteiger partial charge in [-0.05, 0) is 37.3 Å². The van der Waals surface area contributed by atoms with E-state index in [9.17, 15) is 4.79 Å². The first-order valence-corrected chi connectivity index (χ1v) is 9.15. The van der Waals surface area contributed by atoms with Gasteiger partial charge in [0, 0.05) is 41.8 Å². The highest BCUT2D eigenvalue weighted by atomic mass is 32.1. The number of likely N-dealkylation sites (tertiary alicyclic amines) is 1. The summed E-state index contributed by atoms with van der Waals surface area (Å²) in [6.07, 6.45) is 2.21. The minimum atomic E-state index is 0.107. The molecule has 5 heteroatoms. The highest BCUT2D eigenvalue weighted by Gasteiger charge is 2.22. The SMILES string of the molecule is CNC(=O)CN1CCC(NC(C)c2cc3ccccc3s2)CC1. The quantitative estimate of drug-likeness (QED) is 0.885. The van der Waals surface area contributed by atoms with E-state index in [0.717, 1.165) is 25.9 Å². The van der Waals surface area contributed by atoms with Crippen LogP contribution in [-0.2, 0) is 4.79 Å². The molecule has 1 aliphatic heterocycles. The lowest BCUT2D eigenvalue weighted by molar-refractivity contribution is -0.122. The molecule has 0 saturated carbocycles. The van der Waals surface area contributed by atoms with Gasteiger partial charge in [0.2, 0.25) is 5.91 Å². The van der Waals surface area contributed by atoms with Crippen molar-refractivity contribution >= 4 is 27.3 Å². The van der Waals surface area contributed by atoms with Crippen molar-refractivity contribution in [3.8, 4) is 0 Å². The van der Waals surface area contributed by atoms with Gasteiger partial charge in [-0.1, -0.05) is 18.2 Å². The Kier molecular flexibility index (Phi) is 5.30. The Balaban J connectivity index is 1.53. The Morgan fingerprint density at radius 2 is 2.09 bits per heavy atom. The maximum atomic E-state index is 11.4. The van der Waals surface area contributed by atoms with E-state index in [0.29, 0.717) is 18.6 Å². The van der Waals surface area contributed by atoms with Crippen molar-refractivity contribution in [2.45, 2.75) is 31.8 Å². The third-order valence-electron chi connectivity index (χ3n) is 4.59. The lowest BCUT2D eigenvalue weighted by Gasteiger charge is -2.33. The number of hydrogen-bond acceptors (Lipinski definition) is 4. The van der Waals surface area contributed by atoms with Crippen LogP contribution in [0.2, 0.25) is 0 Å². The molecule has 0 spiro atoms. The van der Waals surface area contributed by atoms with Crippen LogP contribution in [0.5, 0.6) is 0 Å². The van der Waals surface area contributed by atoms with Crippen LogP contribution in [0, 0.1) is 0 Å². The minimum absolute atomic E-state index is 0.107. The number of fused-ring (bicyclic) bond motifs is 1. The van der Waals surface area contributed by atoms with Gasteiger partial charge in [-0.3, -0.25) is 9.69 Å². The predicted octanol–water partition coefficient (Wildman–Crippen LogP) is 2.76. The first-order chi connectivity index (χ1) is 11.2. The van der Waals surface area contributed by atoms with Gasteiger partial charge in [0.25, 0.3) is 0 Å². The van der Waals surface area contributed by atoms with E-state index in [4.69, 9.17) is 0 Å². The summed E-state index contributed by atoms with van der Waals surface area (Å²) in [7, 11) is 1.70. The smallest absolute Gasteiger partial charge is 0.233 e. The number of carbonyl (C=O) groups is 1. The summed E-state index contributed by atoms with van der Waals surface area (Å²) in [5.41, 5.74) is 0. The standard InChI is InChI=1S/C18H25N3OS/c1-13(17-11-14-5-3-4-6-16(14)23-17)20-15-7-9-21(10-8-15)12-18(22)19-2/h3-6,11,13,15,20H,7-10,12H2,1-2H3,(H,19,22). The monoisotopic (exact) mass is 331 g/mol. The number of piperidine rings is 1. The highest BCUT2D eigenvalue weighted by Crippen LogP contribution is 2.30. The number of carbonyl (C=O) groups excluding carboxylic acids is 1. The van der Waals surface area contributed by atoms with Crippen LogP contribution in [0.25, 0.3) is 10.1 Å². The molecule has 3 rings (SSSR count). The zero-order valence-electron chi connectivity index (χ0n) is 13.8.